The fraction of sp³-hybridized carbons (Fsp3) is 0.875. The molecular weight excluding hydrogens is 252 g/mol. The number of unbranched alkanes of at least 4 members (excludes halogenated alkanes) is 1. The number of ether oxygens (including phenoxy) is 1. The molecule has 0 radical (unpaired) electrons. The van der Waals surface area contributed by atoms with Gasteiger partial charge in [-0.1, -0.05) is 26.7 Å². The third-order valence-corrected chi connectivity index (χ3v) is 3.31. The standard InChI is InChI=1S/C16H30N2O2/c1-5-9-16(13-17,10-6-2)15(19)18-11-7-8-12-20-14(3)4/h14H,5-12H2,1-4H3,(H,18,19). The van der Waals surface area contributed by atoms with Gasteiger partial charge in [-0.3, -0.25) is 4.79 Å². The van der Waals surface area contributed by atoms with Crippen LogP contribution in [0.5, 0.6) is 0 Å². The molecule has 0 aromatic carbocycles. The van der Waals surface area contributed by atoms with E-state index in [4.69, 9.17) is 4.74 Å². The fourth-order valence-corrected chi connectivity index (χ4v) is 2.29. The number of nitriles is 1. The molecule has 1 amide bonds. The highest BCUT2D eigenvalue weighted by Gasteiger charge is 2.36. The Bertz CT molecular complexity index is 302. The predicted molar refractivity (Wildman–Crippen MR) is 81.2 cm³/mol. The second-order valence-electron chi connectivity index (χ2n) is 5.58. The highest BCUT2D eigenvalue weighted by molar-refractivity contribution is 5.85. The number of amides is 1. The monoisotopic (exact) mass is 282 g/mol. The summed E-state index contributed by atoms with van der Waals surface area (Å²) < 4.78 is 5.45. The molecule has 0 atom stereocenters. The van der Waals surface area contributed by atoms with Crippen molar-refractivity contribution in [1.29, 1.82) is 5.26 Å². The maximum absolute atomic E-state index is 12.3. The van der Waals surface area contributed by atoms with Crippen molar-refractivity contribution in [2.75, 3.05) is 13.2 Å². The van der Waals surface area contributed by atoms with Crippen LogP contribution >= 0.6 is 0 Å². The Balaban J connectivity index is 4.11. The van der Waals surface area contributed by atoms with E-state index in [0.29, 0.717) is 19.4 Å². The molecule has 0 rings (SSSR count). The lowest BCUT2D eigenvalue weighted by Gasteiger charge is -2.24. The molecule has 0 saturated heterocycles. The number of nitrogens with zero attached hydrogens (tertiary/aromatic N) is 1. The largest absolute Gasteiger partial charge is 0.379 e. The maximum atomic E-state index is 12.3. The summed E-state index contributed by atoms with van der Waals surface area (Å²) in [7, 11) is 0. The third-order valence-electron chi connectivity index (χ3n) is 3.31. The summed E-state index contributed by atoms with van der Waals surface area (Å²) in [6, 6.07) is 2.25. The van der Waals surface area contributed by atoms with Crippen molar-refractivity contribution < 1.29 is 9.53 Å². The van der Waals surface area contributed by atoms with E-state index in [1.165, 1.54) is 0 Å². The van der Waals surface area contributed by atoms with Gasteiger partial charge in [-0.2, -0.15) is 5.26 Å². The zero-order valence-electron chi connectivity index (χ0n) is 13.5. The van der Waals surface area contributed by atoms with E-state index in [-0.39, 0.29) is 12.0 Å². The van der Waals surface area contributed by atoms with Gasteiger partial charge in [0.25, 0.3) is 0 Å². The normalized spacial score (nSPS) is 11.4. The summed E-state index contributed by atoms with van der Waals surface area (Å²) >= 11 is 0. The molecule has 0 aliphatic carbocycles. The van der Waals surface area contributed by atoms with Crippen LogP contribution < -0.4 is 5.32 Å². The quantitative estimate of drug-likeness (QED) is 0.591. The van der Waals surface area contributed by atoms with Crippen LogP contribution in [-0.2, 0) is 9.53 Å². The minimum atomic E-state index is -0.835. The van der Waals surface area contributed by atoms with Gasteiger partial charge in [0.15, 0.2) is 0 Å². The van der Waals surface area contributed by atoms with E-state index >= 15 is 0 Å². The Kier molecular flexibility index (Phi) is 10.1. The molecule has 0 fully saturated rings. The van der Waals surface area contributed by atoms with Crippen molar-refractivity contribution in [2.45, 2.75) is 72.3 Å². The maximum Gasteiger partial charge on any atom is 0.240 e. The molecule has 0 spiro atoms. The van der Waals surface area contributed by atoms with Gasteiger partial charge in [-0.05, 0) is 39.5 Å². The van der Waals surface area contributed by atoms with Gasteiger partial charge < -0.3 is 10.1 Å². The highest BCUT2D eigenvalue weighted by Crippen LogP contribution is 2.29. The van der Waals surface area contributed by atoms with Crippen LogP contribution in [0.3, 0.4) is 0 Å². The molecule has 4 heteroatoms. The van der Waals surface area contributed by atoms with E-state index < -0.39 is 5.41 Å². The first-order valence-electron chi connectivity index (χ1n) is 7.83. The zero-order chi connectivity index (χ0) is 15.4. The first kappa shape index (κ1) is 18.9. The number of nitrogens with one attached hydrogen (secondary N) is 1. The highest BCUT2D eigenvalue weighted by atomic mass is 16.5. The zero-order valence-corrected chi connectivity index (χ0v) is 13.5. The Labute approximate surface area is 123 Å². The molecule has 116 valence electrons. The lowest BCUT2D eigenvalue weighted by atomic mass is 9.80. The number of carbonyl (C=O) groups excluding carboxylic acids is 1. The average molecular weight is 282 g/mol. The smallest absolute Gasteiger partial charge is 0.240 e. The minimum absolute atomic E-state index is 0.103. The second-order valence-corrected chi connectivity index (χ2v) is 5.58. The van der Waals surface area contributed by atoms with Crippen LogP contribution in [0.15, 0.2) is 0 Å². The van der Waals surface area contributed by atoms with E-state index in [2.05, 4.69) is 11.4 Å². The van der Waals surface area contributed by atoms with Gasteiger partial charge in [0.1, 0.15) is 5.41 Å². The van der Waals surface area contributed by atoms with Crippen LogP contribution in [0.4, 0.5) is 0 Å². The molecule has 1 N–H and O–H groups in total. The molecular formula is C16H30N2O2. The van der Waals surface area contributed by atoms with Crippen molar-refractivity contribution in [3.63, 3.8) is 0 Å². The van der Waals surface area contributed by atoms with Crippen molar-refractivity contribution in [2.24, 2.45) is 5.41 Å². The molecule has 0 aliphatic rings. The van der Waals surface area contributed by atoms with E-state index in [1.54, 1.807) is 0 Å². The summed E-state index contributed by atoms with van der Waals surface area (Å²) in [4.78, 5) is 12.3. The Morgan fingerprint density at radius 1 is 1.25 bits per heavy atom. The predicted octanol–water partition coefficient (Wildman–Crippen LogP) is 3.42. The molecule has 0 saturated carbocycles. The van der Waals surface area contributed by atoms with Crippen molar-refractivity contribution in [1.82, 2.24) is 5.32 Å². The lowest BCUT2D eigenvalue weighted by molar-refractivity contribution is -0.128. The topological polar surface area (TPSA) is 62.1 Å². The molecule has 0 unspecified atom stereocenters. The Morgan fingerprint density at radius 3 is 2.30 bits per heavy atom. The Hall–Kier alpha value is -1.08. The van der Waals surface area contributed by atoms with E-state index in [0.717, 1.165) is 32.3 Å². The molecule has 0 bridgehead atoms. The first-order valence-corrected chi connectivity index (χ1v) is 7.83. The van der Waals surface area contributed by atoms with Crippen molar-refractivity contribution >= 4 is 5.91 Å². The summed E-state index contributed by atoms with van der Waals surface area (Å²) in [5.41, 5.74) is -0.835. The molecule has 0 aromatic heterocycles. The van der Waals surface area contributed by atoms with Crippen LogP contribution in [0.2, 0.25) is 0 Å². The summed E-state index contributed by atoms with van der Waals surface area (Å²) in [5, 5.41) is 12.3. The van der Waals surface area contributed by atoms with Gasteiger partial charge in [-0.15, -0.1) is 0 Å². The number of carbonyl (C=O) groups is 1. The van der Waals surface area contributed by atoms with Crippen LogP contribution in [-0.4, -0.2) is 25.2 Å². The van der Waals surface area contributed by atoms with Crippen LogP contribution in [0, 0.1) is 16.7 Å². The lowest BCUT2D eigenvalue weighted by Crippen LogP contribution is -2.40. The average Bonchev–Trinajstić information content (AvgIpc) is 2.41. The molecule has 0 heterocycles. The summed E-state index contributed by atoms with van der Waals surface area (Å²) in [6.07, 6.45) is 5.05. The first-order chi connectivity index (χ1) is 9.52. The molecule has 0 aliphatic heterocycles. The van der Waals surface area contributed by atoms with Crippen LogP contribution in [0.25, 0.3) is 0 Å². The van der Waals surface area contributed by atoms with E-state index in [1.807, 2.05) is 27.7 Å². The van der Waals surface area contributed by atoms with Gasteiger partial charge in [0.2, 0.25) is 5.91 Å². The minimum Gasteiger partial charge on any atom is -0.379 e. The second kappa shape index (κ2) is 10.7. The molecule has 4 nitrogen and oxygen atoms in total. The SMILES string of the molecule is CCCC(C#N)(CCC)C(=O)NCCCCOC(C)C. The van der Waals surface area contributed by atoms with Gasteiger partial charge in [0.05, 0.1) is 12.2 Å². The van der Waals surface area contributed by atoms with E-state index in [9.17, 15) is 10.1 Å². The van der Waals surface area contributed by atoms with Crippen molar-refractivity contribution in [3.05, 3.63) is 0 Å². The summed E-state index contributed by atoms with van der Waals surface area (Å²) in [6.45, 7) is 9.39. The van der Waals surface area contributed by atoms with Gasteiger partial charge in [-0.25, -0.2) is 0 Å². The van der Waals surface area contributed by atoms with Crippen molar-refractivity contribution in [3.8, 4) is 6.07 Å². The van der Waals surface area contributed by atoms with Gasteiger partial charge >= 0.3 is 0 Å². The fourth-order valence-electron chi connectivity index (χ4n) is 2.29. The Morgan fingerprint density at radius 2 is 1.85 bits per heavy atom. The third kappa shape index (κ3) is 6.91. The molecule has 20 heavy (non-hydrogen) atoms. The van der Waals surface area contributed by atoms with Crippen LogP contribution in [0.1, 0.15) is 66.2 Å². The number of hydrogen-bond donors (Lipinski definition) is 1. The summed E-state index contributed by atoms with van der Waals surface area (Å²) in [5.74, 6) is -0.103. The number of rotatable bonds is 11. The van der Waals surface area contributed by atoms with Gasteiger partial charge in [0, 0.05) is 13.2 Å². The molecule has 0 aromatic rings. The number of hydrogen-bond acceptors (Lipinski definition) is 3.